The Hall–Kier alpha value is -3.49. The number of benzene rings is 2. The van der Waals surface area contributed by atoms with E-state index in [-0.39, 0.29) is 16.1 Å². The van der Waals surface area contributed by atoms with Crippen LogP contribution < -0.4 is 5.73 Å². The summed E-state index contributed by atoms with van der Waals surface area (Å²) >= 11 is 1.41. The molecule has 0 saturated carbocycles. The van der Waals surface area contributed by atoms with Crippen LogP contribution in [0.3, 0.4) is 0 Å². The van der Waals surface area contributed by atoms with Crippen molar-refractivity contribution in [2.75, 3.05) is 12.3 Å². The number of nitrogens with zero attached hydrogens (tertiary/aromatic N) is 4. The Morgan fingerprint density at radius 3 is 2.63 bits per heavy atom. The highest BCUT2D eigenvalue weighted by Crippen LogP contribution is 2.33. The molecule has 0 aliphatic carbocycles. The van der Waals surface area contributed by atoms with Crippen molar-refractivity contribution in [2.24, 2.45) is 12.8 Å². The van der Waals surface area contributed by atoms with E-state index in [4.69, 9.17) is 5.73 Å². The second kappa shape index (κ2) is 9.64. The van der Waals surface area contributed by atoms with Gasteiger partial charge in [-0.3, -0.25) is 9.78 Å². The van der Waals surface area contributed by atoms with Crippen LogP contribution in [0.4, 0.5) is 0 Å². The molecule has 8 heteroatoms. The molecule has 2 atom stereocenters. The smallest absolute Gasteiger partial charge is 0.325 e. The molecule has 1 saturated heterocycles. The number of likely N-dealkylation sites (tertiary alicyclic amines) is 1. The highest BCUT2D eigenvalue weighted by molar-refractivity contribution is 7.99. The predicted octanol–water partition coefficient (Wildman–Crippen LogP) is 3.92. The minimum atomic E-state index is -0.538. The lowest BCUT2D eigenvalue weighted by atomic mass is 10.0. The Morgan fingerprint density at radius 2 is 1.86 bits per heavy atom. The van der Waals surface area contributed by atoms with Gasteiger partial charge in [-0.15, -0.1) is 0 Å². The van der Waals surface area contributed by atoms with Crippen molar-refractivity contribution in [1.29, 1.82) is 0 Å². The molecule has 0 radical (unpaired) electrons. The van der Waals surface area contributed by atoms with Gasteiger partial charge in [0.1, 0.15) is 12.3 Å². The van der Waals surface area contributed by atoms with Crippen LogP contribution in [-0.2, 0) is 23.2 Å². The summed E-state index contributed by atoms with van der Waals surface area (Å²) in [5.74, 6) is -0.212. The standard InChI is InChI=1S/C27H27N5O2S/c1-31-23-11-6-5-10-22(23)30-27(31)35-18-25(33)32(13-7-12-24(32)26(28)34)17-19-14-21(16-29-15-19)20-8-3-2-4-9-20/h2-6,8-11,14-16,24H,7,12-13,17-18H2,1H3,(H-,28,34)/p+1/t24-,32?/m0/s1. The molecule has 0 bridgehead atoms. The maximum Gasteiger partial charge on any atom is 0.325 e. The molecule has 178 valence electrons. The zero-order valence-electron chi connectivity index (χ0n) is 19.6. The number of nitrogens with two attached hydrogens (primary N) is 1. The fraction of sp³-hybridized carbons (Fsp3) is 0.259. The second-order valence-electron chi connectivity index (χ2n) is 9.05. The van der Waals surface area contributed by atoms with Crippen LogP contribution in [0.5, 0.6) is 0 Å². The number of fused-ring (bicyclic) bond motifs is 1. The molecule has 3 heterocycles. The Labute approximate surface area is 208 Å². The topological polar surface area (TPSA) is 90.9 Å². The number of imidazole rings is 1. The van der Waals surface area contributed by atoms with Gasteiger partial charge in [-0.25, -0.2) is 14.3 Å². The van der Waals surface area contributed by atoms with Crippen molar-refractivity contribution in [3.63, 3.8) is 0 Å². The number of amides is 2. The fourth-order valence-electron chi connectivity index (χ4n) is 5.13. The summed E-state index contributed by atoms with van der Waals surface area (Å²) < 4.78 is 2.03. The summed E-state index contributed by atoms with van der Waals surface area (Å²) in [5, 5.41) is 0.778. The van der Waals surface area contributed by atoms with E-state index in [1.54, 1.807) is 6.20 Å². The number of carbonyl (C=O) groups excluding carboxylic acids is 2. The molecule has 1 aliphatic heterocycles. The first-order valence-corrected chi connectivity index (χ1v) is 12.7. The van der Waals surface area contributed by atoms with Gasteiger partial charge in [-0.05, 0) is 23.8 Å². The zero-order chi connectivity index (χ0) is 24.4. The largest absolute Gasteiger partial charge is 0.364 e. The number of primary amides is 1. The van der Waals surface area contributed by atoms with E-state index in [0.29, 0.717) is 19.5 Å². The third kappa shape index (κ3) is 4.47. The lowest BCUT2D eigenvalue weighted by molar-refractivity contribution is -0.869. The van der Waals surface area contributed by atoms with Crippen molar-refractivity contribution < 1.29 is 14.1 Å². The molecular weight excluding hydrogens is 458 g/mol. The minimum absolute atomic E-state index is 0.00605. The second-order valence-corrected chi connectivity index (χ2v) is 9.99. The molecule has 0 spiro atoms. The molecule has 1 fully saturated rings. The van der Waals surface area contributed by atoms with Crippen molar-refractivity contribution >= 4 is 34.6 Å². The number of thioether (sulfide) groups is 1. The average molecular weight is 487 g/mol. The van der Waals surface area contributed by atoms with Crippen LogP contribution in [-0.4, -0.2) is 49.2 Å². The number of hydrogen-bond donors (Lipinski definition) is 1. The first-order valence-electron chi connectivity index (χ1n) is 11.7. The number of aromatic nitrogens is 3. The minimum Gasteiger partial charge on any atom is -0.364 e. The van der Waals surface area contributed by atoms with E-state index in [2.05, 4.69) is 16.0 Å². The quantitative estimate of drug-likeness (QED) is 0.316. The van der Waals surface area contributed by atoms with Gasteiger partial charge in [-0.2, -0.15) is 0 Å². The number of pyridine rings is 1. The predicted molar refractivity (Wildman–Crippen MR) is 137 cm³/mol. The monoisotopic (exact) mass is 486 g/mol. The first kappa shape index (κ1) is 23.3. The third-order valence-electron chi connectivity index (χ3n) is 6.89. The number of hydrogen-bond acceptors (Lipinski definition) is 5. The summed E-state index contributed by atoms with van der Waals surface area (Å²) in [6.45, 7) is 0.980. The summed E-state index contributed by atoms with van der Waals surface area (Å²) in [6.07, 6.45) is 5.00. The number of carbonyl (C=O) groups is 2. The molecule has 35 heavy (non-hydrogen) atoms. The number of quaternary nitrogens is 1. The van der Waals surface area contributed by atoms with Crippen molar-refractivity contribution in [1.82, 2.24) is 14.5 Å². The lowest BCUT2D eigenvalue weighted by Crippen LogP contribution is -2.60. The maximum absolute atomic E-state index is 13.8. The van der Waals surface area contributed by atoms with Crippen LogP contribution in [0, 0.1) is 0 Å². The van der Waals surface area contributed by atoms with E-state index in [1.165, 1.54) is 11.8 Å². The Bertz CT molecular complexity index is 1390. The molecule has 7 nitrogen and oxygen atoms in total. The van der Waals surface area contributed by atoms with E-state index in [0.717, 1.165) is 39.3 Å². The van der Waals surface area contributed by atoms with Gasteiger partial charge in [-0.1, -0.05) is 54.2 Å². The maximum atomic E-state index is 13.8. The Morgan fingerprint density at radius 1 is 1.09 bits per heavy atom. The summed E-state index contributed by atoms with van der Waals surface area (Å²) in [4.78, 5) is 35.4. The van der Waals surface area contributed by atoms with Gasteiger partial charge in [0.15, 0.2) is 11.2 Å². The van der Waals surface area contributed by atoms with E-state index in [1.807, 2.05) is 72.4 Å². The average Bonchev–Trinajstić information content (AvgIpc) is 3.45. The van der Waals surface area contributed by atoms with Gasteiger partial charge in [0, 0.05) is 43.4 Å². The van der Waals surface area contributed by atoms with Crippen LogP contribution in [0.25, 0.3) is 22.2 Å². The van der Waals surface area contributed by atoms with Crippen molar-refractivity contribution in [3.8, 4) is 11.1 Å². The molecular formula is C27H28N5O2S+. The number of aryl methyl sites for hydroxylation is 1. The summed E-state index contributed by atoms with van der Waals surface area (Å²) in [6, 6.07) is 19.4. The SMILES string of the molecule is Cn1c(SCC(=O)[N+]2(Cc3cncc(-c4ccccc4)c3)CCC[C@H]2C(N)=O)nc2ccccc21. The van der Waals surface area contributed by atoms with E-state index < -0.39 is 11.9 Å². The van der Waals surface area contributed by atoms with Gasteiger partial charge in [0.05, 0.1) is 17.6 Å². The Balaban J connectivity index is 1.43. The van der Waals surface area contributed by atoms with Crippen LogP contribution in [0.2, 0.25) is 0 Å². The Kier molecular flexibility index (Phi) is 6.40. The highest BCUT2D eigenvalue weighted by Gasteiger charge is 2.50. The lowest BCUT2D eigenvalue weighted by Gasteiger charge is -2.36. The summed E-state index contributed by atoms with van der Waals surface area (Å²) in [7, 11) is 1.95. The first-order chi connectivity index (χ1) is 17.0. The number of rotatable bonds is 7. The molecule has 2 aromatic carbocycles. The van der Waals surface area contributed by atoms with E-state index in [9.17, 15) is 9.59 Å². The van der Waals surface area contributed by atoms with Gasteiger partial charge in [0.25, 0.3) is 5.91 Å². The van der Waals surface area contributed by atoms with Crippen LogP contribution in [0.15, 0.2) is 78.2 Å². The molecule has 5 rings (SSSR count). The summed E-state index contributed by atoms with van der Waals surface area (Å²) in [5.41, 5.74) is 10.7. The fourth-order valence-corrected chi connectivity index (χ4v) is 6.09. The van der Waals surface area contributed by atoms with Gasteiger partial charge in [0.2, 0.25) is 0 Å². The normalized spacial score (nSPS) is 19.7. The molecule has 1 aliphatic rings. The van der Waals surface area contributed by atoms with Crippen LogP contribution >= 0.6 is 11.8 Å². The van der Waals surface area contributed by atoms with Crippen molar-refractivity contribution in [3.05, 3.63) is 78.6 Å². The van der Waals surface area contributed by atoms with Crippen LogP contribution in [0.1, 0.15) is 18.4 Å². The molecule has 2 aromatic heterocycles. The number of para-hydroxylation sites is 2. The molecule has 4 aromatic rings. The third-order valence-corrected chi connectivity index (χ3v) is 7.91. The highest BCUT2D eigenvalue weighted by atomic mass is 32.2. The van der Waals surface area contributed by atoms with E-state index >= 15 is 0 Å². The van der Waals surface area contributed by atoms with Gasteiger partial charge >= 0.3 is 5.91 Å². The van der Waals surface area contributed by atoms with Gasteiger partial charge < -0.3 is 10.3 Å². The molecule has 2 N–H and O–H groups in total. The molecule has 1 unspecified atom stereocenters. The van der Waals surface area contributed by atoms with Crippen molar-refractivity contribution in [2.45, 2.75) is 30.6 Å². The molecule has 2 amide bonds. The zero-order valence-corrected chi connectivity index (χ0v) is 20.4.